The van der Waals surface area contributed by atoms with Gasteiger partial charge in [-0.15, -0.1) is 0 Å². The molecule has 2 nitrogen and oxygen atoms in total. The van der Waals surface area contributed by atoms with Gasteiger partial charge in [0.2, 0.25) is 0 Å². The Bertz CT molecular complexity index is 348. The first-order chi connectivity index (χ1) is 6.47. The summed E-state index contributed by atoms with van der Waals surface area (Å²) in [5, 5.41) is 9.79. The summed E-state index contributed by atoms with van der Waals surface area (Å²) in [5.74, 6) is 0.378. The summed E-state index contributed by atoms with van der Waals surface area (Å²) in [6.45, 7) is 4.07. The largest absolute Gasteiger partial charge is 0.508 e. The number of hydrogen-bond acceptors (Lipinski definition) is 2. The number of rotatable bonds is 2. The van der Waals surface area contributed by atoms with Crippen molar-refractivity contribution in [1.29, 1.82) is 0 Å². The molecule has 0 aliphatic heterocycles. The molecule has 1 aliphatic carbocycles. The van der Waals surface area contributed by atoms with Crippen LogP contribution in [-0.4, -0.2) is 10.6 Å². The van der Waals surface area contributed by atoms with Crippen molar-refractivity contribution in [2.45, 2.75) is 37.6 Å². The molecule has 1 aliphatic rings. The molecule has 14 heavy (non-hydrogen) atoms. The minimum atomic E-state index is -0.258. The summed E-state index contributed by atoms with van der Waals surface area (Å²) >= 11 is 0. The van der Waals surface area contributed by atoms with E-state index in [1.165, 1.54) is 0 Å². The minimum Gasteiger partial charge on any atom is -0.508 e. The van der Waals surface area contributed by atoms with Crippen LogP contribution in [0.1, 0.15) is 32.3 Å². The van der Waals surface area contributed by atoms with Crippen molar-refractivity contribution in [2.75, 3.05) is 0 Å². The highest BCUT2D eigenvalue weighted by Crippen LogP contribution is 2.56. The summed E-state index contributed by atoms with van der Waals surface area (Å²) in [6.07, 6.45) is 2.15. The van der Waals surface area contributed by atoms with Crippen molar-refractivity contribution in [1.82, 2.24) is 0 Å². The Kier molecular flexibility index (Phi) is 1.86. The molecule has 76 valence electrons. The maximum absolute atomic E-state index is 9.79. The van der Waals surface area contributed by atoms with Crippen molar-refractivity contribution in [3.8, 4) is 5.75 Å². The second kappa shape index (κ2) is 2.74. The Balaban J connectivity index is 2.46. The fourth-order valence-electron chi connectivity index (χ4n) is 2.26. The van der Waals surface area contributed by atoms with E-state index < -0.39 is 0 Å². The minimum absolute atomic E-state index is 0.00164. The summed E-state index contributed by atoms with van der Waals surface area (Å²) in [7, 11) is 0. The third-order valence-electron chi connectivity index (χ3n) is 3.40. The van der Waals surface area contributed by atoms with Gasteiger partial charge in [-0.2, -0.15) is 0 Å². The highest BCUT2D eigenvalue weighted by Gasteiger charge is 2.54. The number of aromatic hydroxyl groups is 1. The molecule has 0 atom stereocenters. The Morgan fingerprint density at radius 3 is 2.29 bits per heavy atom. The van der Waals surface area contributed by atoms with E-state index in [2.05, 4.69) is 0 Å². The van der Waals surface area contributed by atoms with Crippen LogP contribution in [0.2, 0.25) is 0 Å². The van der Waals surface area contributed by atoms with Crippen LogP contribution in [0.15, 0.2) is 24.3 Å². The number of phenols is 1. The third kappa shape index (κ3) is 1.22. The van der Waals surface area contributed by atoms with Crippen LogP contribution in [0.25, 0.3) is 0 Å². The van der Waals surface area contributed by atoms with Crippen molar-refractivity contribution in [3.05, 3.63) is 29.8 Å². The Morgan fingerprint density at radius 1 is 1.29 bits per heavy atom. The van der Waals surface area contributed by atoms with E-state index in [-0.39, 0.29) is 11.0 Å². The summed E-state index contributed by atoms with van der Waals surface area (Å²) < 4.78 is 0. The SMILES string of the molecule is CC(C)(N)C1(c2ccccc2O)CC1. The summed E-state index contributed by atoms with van der Waals surface area (Å²) in [6, 6.07) is 7.53. The average molecular weight is 191 g/mol. The van der Waals surface area contributed by atoms with Crippen LogP contribution in [-0.2, 0) is 5.41 Å². The molecule has 0 bridgehead atoms. The van der Waals surface area contributed by atoms with Gasteiger partial charge >= 0.3 is 0 Å². The molecule has 3 N–H and O–H groups in total. The smallest absolute Gasteiger partial charge is 0.119 e. The van der Waals surface area contributed by atoms with E-state index >= 15 is 0 Å². The first kappa shape index (κ1) is 9.53. The molecule has 0 saturated heterocycles. The van der Waals surface area contributed by atoms with E-state index in [1.807, 2.05) is 32.0 Å². The Hall–Kier alpha value is -1.02. The molecule has 0 amide bonds. The Morgan fingerprint density at radius 2 is 1.86 bits per heavy atom. The lowest BCUT2D eigenvalue weighted by molar-refractivity contribution is 0.372. The molecular weight excluding hydrogens is 174 g/mol. The van der Waals surface area contributed by atoms with Crippen LogP contribution < -0.4 is 5.73 Å². The molecule has 2 heteroatoms. The van der Waals surface area contributed by atoms with Crippen LogP contribution in [0.4, 0.5) is 0 Å². The molecule has 0 spiro atoms. The zero-order valence-corrected chi connectivity index (χ0v) is 8.75. The molecule has 0 unspecified atom stereocenters. The molecule has 0 heterocycles. The molecule has 0 aromatic heterocycles. The lowest BCUT2D eigenvalue weighted by atomic mass is 9.79. The molecular formula is C12H17NO. The highest BCUT2D eigenvalue weighted by molar-refractivity contribution is 5.45. The molecule has 1 aromatic carbocycles. The quantitative estimate of drug-likeness (QED) is 0.752. The van der Waals surface area contributed by atoms with E-state index in [4.69, 9.17) is 5.73 Å². The van der Waals surface area contributed by atoms with Crippen LogP contribution >= 0.6 is 0 Å². The van der Waals surface area contributed by atoms with Gasteiger partial charge in [-0.3, -0.25) is 0 Å². The van der Waals surface area contributed by atoms with E-state index in [0.717, 1.165) is 18.4 Å². The summed E-state index contributed by atoms with van der Waals surface area (Å²) in [5.41, 5.74) is 6.91. The first-order valence-electron chi connectivity index (χ1n) is 5.05. The molecule has 1 fully saturated rings. The second-order valence-electron chi connectivity index (χ2n) is 4.82. The van der Waals surface area contributed by atoms with Crippen molar-refractivity contribution >= 4 is 0 Å². The van der Waals surface area contributed by atoms with Gasteiger partial charge in [-0.1, -0.05) is 18.2 Å². The molecule has 0 radical (unpaired) electrons. The monoisotopic (exact) mass is 191 g/mol. The van der Waals surface area contributed by atoms with Gasteiger partial charge in [0.05, 0.1) is 0 Å². The fourth-order valence-corrected chi connectivity index (χ4v) is 2.26. The third-order valence-corrected chi connectivity index (χ3v) is 3.40. The standard InChI is InChI=1S/C12H17NO/c1-11(2,13)12(7-8-12)9-5-3-4-6-10(9)14/h3-6,14H,7-8,13H2,1-2H3. The van der Waals surface area contributed by atoms with Gasteiger partial charge in [0.1, 0.15) is 5.75 Å². The number of para-hydroxylation sites is 1. The Labute approximate surface area is 84.7 Å². The van der Waals surface area contributed by atoms with Gasteiger partial charge in [-0.05, 0) is 32.8 Å². The maximum atomic E-state index is 9.79. The van der Waals surface area contributed by atoms with Crippen LogP contribution in [0.3, 0.4) is 0 Å². The normalized spacial score (nSPS) is 19.4. The molecule has 1 aromatic rings. The van der Waals surface area contributed by atoms with Gasteiger partial charge in [0.25, 0.3) is 0 Å². The molecule has 2 rings (SSSR count). The van der Waals surface area contributed by atoms with Crippen molar-refractivity contribution < 1.29 is 5.11 Å². The van der Waals surface area contributed by atoms with Gasteiger partial charge in [0, 0.05) is 16.5 Å². The van der Waals surface area contributed by atoms with Crippen LogP contribution in [0.5, 0.6) is 5.75 Å². The molecule has 1 saturated carbocycles. The van der Waals surface area contributed by atoms with Crippen molar-refractivity contribution in [3.63, 3.8) is 0 Å². The predicted octanol–water partition coefficient (Wildman–Crippen LogP) is 2.16. The van der Waals surface area contributed by atoms with Gasteiger partial charge in [0.15, 0.2) is 0 Å². The van der Waals surface area contributed by atoms with E-state index in [0.29, 0.717) is 5.75 Å². The topological polar surface area (TPSA) is 46.2 Å². The zero-order valence-electron chi connectivity index (χ0n) is 8.75. The first-order valence-corrected chi connectivity index (χ1v) is 5.05. The number of benzene rings is 1. The van der Waals surface area contributed by atoms with Gasteiger partial charge < -0.3 is 10.8 Å². The average Bonchev–Trinajstić information content (AvgIpc) is 2.84. The van der Waals surface area contributed by atoms with E-state index in [1.54, 1.807) is 6.07 Å². The number of hydrogen-bond donors (Lipinski definition) is 2. The lowest BCUT2D eigenvalue weighted by Gasteiger charge is -2.31. The predicted molar refractivity (Wildman–Crippen MR) is 57.3 cm³/mol. The van der Waals surface area contributed by atoms with E-state index in [9.17, 15) is 5.11 Å². The fraction of sp³-hybridized carbons (Fsp3) is 0.500. The lowest BCUT2D eigenvalue weighted by Crippen LogP contribution is -2.45. The number of nitrogens with two attached hydrogens (primary N) is 1. The van der Waals surface area contributed by atoms with Gasteiger partial charge in [-0.25, -0.2) is 0 Å². The highest BCUT2D eigenvalue weighted by atomic mass is 16.3. The summed E-state index contributed by atoms with van der Waals surface area (Å²) in [4.78, 5) is 0. The van der Waals surface area contributed by atoms with Crippen LogP contribution in [0, 0.1) is 0 Å². The van der Waals surface area contributed by atoms with Crippen molar-refractivity contribution in [2.24, 2.45) is 5.73 Å². The maximum Gasteiger partial charge on any atom is 0.119 e. The number of phenolic OH excluding ortho intramolecular Hbond substituents is 1. The second-order valence-corrected chi connectivity index (χ2v) is 4.82. The zero-order chi connectivity index (χ0) is 10.4.